The van der Waals surface area contributed by atoms with E-state index in [0.717, 1.165) is 36.3 Å². The lowest BCUT2D eigenvalue weighted by Crippen LogP contribution is -2.42. The van der Waals surface area contributed by atoms with Gasteiger partial charge in [-0.25, -0.2) is 0 Å². The number of methoxy groups -OCH3 is 1. The molecule has 1 amide bonds. The molecule has 0 aliphatic carbocycles. The molecule has 1 aromatic rings. The lowest BCUT2D eigenvalue weighted by Gasteiger charge is -2.32. The molecule has 2 rings (SSSR count). The molecule has 118 valence electrons. The van der Waals surface area contributed by atoms with Crippen molar-refractivity contribution in [1.82, 2.24) is 10.2 Å². The van der Waals surface area contributed by atoms with E-state index in [1.54, 1.807) is 7.11 Å². The van der Waals surface area contributed by atoms with E-state index in [1.165, 1.54) is 6.42 Å². The second kappa shape index (κ2) is 8.61. The highest BCUT2D eigenvalue weighted by Gasteiger charge is 2.24. The number of halogens is 2. The number of carbonyl (C=O) groups excluding carboxylic acids is 1. The maximum Gasteiger partial charge on any atom is 0.253 e. The minimum atomic E-state index is 0. The topological polar surface area (TPSA) is 41.6 Å². The molecule has 1 saturated heterocycles. The first-order valence-electron chi connectivity index (χ1n) is 6.93. The minimum absolute atomic E-state index is 0. The molecule has 0 aromatic heterocycles. The summed E-state index contributed by atoms with van der Waals surface area (Å²) in [6, 6.07) is 5.49. The maximum absolute atomic E-state index is 12.5. The summed E-state index contributed by atoms with van der Waals surface area (Å²) in [6.45, 7) is 2.65. The molecule has 1 aromatic carbocycles. The summed E-state index contributed by atoms with van der Waals surface area (Å²) in [5, 5.41) is 3.20. The van der Waals surface area contributed by atoms with Crippen LogP contribution in [-0.2, 0) is 0 Å². The van der Waals surface area contributed by atoms with Gasteiger partial charge in [-0.3, -0.25) is 4.79 Å². The van der Waals surface area contributed by atoms with Crippen molar-refractivity contribution in [1.29, 1.82) is 0 Å². The first kappa shape index (κ1) is 18.3. The van der Waals surface area contributed by atoms with Crippen molar-refractivity contribution < 1.29 is 9.53 Å². The van der Waals surface area contributed by atoms with Gasteiger partial charge in [0, 0.05) is 18.7 Å². The molecule has 1 unspecified atom stereocenters. The Morgan fingerprint density at radius 2 is 2.29 bits per heavy atom. The van der Waals surface area contributed by atoms with Gasteiger partial charge in [-0.2, -0.15) is 0 Å². The van der Waals surface area contributed by atoms with Crippen LogP contribution < -0.4 is 10.1 Å². The van der Waals surface area contributed by atoms with E-state index in [2.05, 4.69) is 21.2 Å². The largest absolute Gasteiger partial charge is 0.496 e. The summed E-state index contributed by atoms with van der Waals surface area (Å²) >= 11 is 3.43. The molecular formula is C15H22BrClN2O2. The first-order chi connectivity index (χ1) is 9.65. The normalized spacial score (nSPS) is 18.0. The number of ether oxygens (including phenoxy) is 1. The zero-order valence-corrected chi connectivity index (χ0v) is 14.8. The molecule has 0 spiro atoms. The van der Waals surface area contributed by atoms with Crippen molar-refractivity contribution in [3.05, 3.63) is 28.2 Å². The van der Waals surface area contributed by atoms with Crippen molar-refractivity contribution in [2.45, 2.75) is 12.8 Å². The van der Waals surface area contributed by atoms with Gasteiger partial charge in [-0.1, -0.05) is 0 Å². The summed E-state index contributed by atoms with van der Waals surface area (Å²) in [6.07, 6.45) is 2.27. The standard InChI is InChI=1S/C15H21BrN2O2.ClH/c1-17-9-11-4-3-7-18(10-11)15(19)12-5-6-14(20-2)13(16)8-12;/h5-6,8,11,17H,3-4,7,9-10H2,1-2H3;1H. The van der Waals surface area contributed by atoms with E-state index < -0.39 is 0 Å². The average Bonchev–Trinajstić information content (AvgIpc) is 2.47. The highest BCUT2D eigenvalue weighted by atomic mass is 79.9. The number of nitrogens with zero attached hydrogens (tertiary/aromatic N) is 1. The van der Waals surface area contributed by atoms with Crippen LogP contribution in [-0.4, -0.2) is 44.6 Å². The van der Waals surface area contributed by atoms with E-state index in [9.17, 15) is 4.79 Å². The van der Waals surface area contributed by atoms with Crippen LogP contribution in [0.2, 0.25) is 0 Å². The molecule has 4 nitrogen and oxygen atoms in total. The monoisotopic (exact) mass is 376 g/mol. The van der Waals surface area contributed by atoms with E-state index in [0.29, 0.717) is 11.5 Å². The number of rotatable bonds is 4. The maximum atomic E-state index is 12.5. The van der Waals surface area contributed by atoms with Gasteiger partial charge in [0.1, 0.15) is 5.75 Å². The van der Waals surface area contributed by atoms with E-state index in [1.807, 2.05) is 30.1 Å². The minimum Gasteiger partial charge on any atom is -0.496 e. The van der Waals surface area contributed by atoms with Gasteiger partial charge >= 0.3 is 0 Å². The third-order valence-corrected chi connectivity index (χ3v) is 4.32. The predicted molar refractivity (Wildman–Crippen MR) is 90.5 cm³/mol. The van der Waals surface area contributed by atoms with Crippen LogP contribution in [0.4, 0.5) is 0 Å². The molecule has 6 heteroatoms. The van der Waals surface area contributed by atoms with E-state index in [-0.39, 0.29) is 18.3 Å². The Hall–Kier alpha value is -0.780. The summed E-state index contributed by atoms with van der Waals surface area (Å²) in [7, 11) is 3.58. The van der Waals surface area contributed by atoms with Crippen LogP contribution in [0.1, 0.15) is 23.2 Å². The highest BCUT2D eigenvalue weighted by molar-refractivity contribution is 9.10. The predicted octanol–water partition coefficient (Wildman–Crippen LogP) is 2.95. The average molecular weight is 378 g/mol. The number of benzene rings is 1. The smallest absolute Gasteiger partial charge is 0.253 e. The van der Waals surface area contributed by atoms with Gasteiger partial charge < -0.3 is 15.0 Å². The van der Waals surface area contributed by atoms with Gasteiger partial charge in [-0.05, 0) is 66.5 Å². The molecule has 0 radical (unpaired) electrons. The number of hydrogen-bond donors (Lipinski definition) is 1. The summed E-state index contributed by atoms with van der Waals surface area (Å²) in [4.78, 5) is 14.5. The van der Waals surface area contributed by atoms with Gasteiger partial charge in [0.05, 0.1) is 11.6 Å². The molecule has 1 atom stereocenters. The summed E-state index contributed by atoms with van der Waals surface area (Å²) in [5.41, 5.74) is 0.711. The molecule has 1 aliphatic rings. The SMILES string of the molecule is CNCC1CCCN(C(=O)c2ccc(OC)c(Br)c2)C1.Cl. The second-order valence-electron chi connectivity index (χ2n) is 5.17. The van der Waals surface area contributed by atoms with E-state index >= 15 is 0 Å². The lowest BCUT2D eigenvalue weighted by molar-refractivity contribution is 0.0674. The highest BCUT2D eigenvalue weighted by Crippen LogP contribution is 2.27. The number of carbonyl (C=O) groups is 1. The van der Waals surface area contributed by atoms with Gasteiger partial charge in [0.15, 0.2) is 0 Å². The molecule has 1 aliphatic heterocycles. The lowest BCUT2D eigenvalue weighted by atomic mass is 9.97. The zero-order valence-electron chi connectivity index (χ0n) is 12.4. The Bertz CT molecular complexity index is 483. The molecular weight excluding hydrogens is 356 g/mol. The molecule has 1 N–H and O–H groups in total. The third-order valence-electron chi connectivity index (χ3n) is 3.70. The van der Waals surface area contributed by atoms with Crippen LogP contribution in [0.15, 0.2) is 22.7 Å². The van der Waals surface area contributed by atoms with Crippen molar-refractivity contribution in [2.75, 3.05) is 33.8 Å². The molecule has 1 fully saturated rings. The fraction of sp³-hybridized carbons (Fsp3) is 0.533. The third kappa shape index (κ3) is 4.59. The van der Waals surface area contributed by atoms with Crippen molar-refractivity contribution in [3.8, 4) is 5.75 Å². The summed E-state index contributed by atoms with van der Waals surface area (Å²) < 4.78 is 6.01. The molecule has 0 bridgehead atoms. The van der Waals surface area contributed by atoms with Gasteiger partial charge in [0.2, 0.25) is 0 Å². The fourth-order valence-electron chi connectivity index (χ4n) is 2.69. The Kier molecular flexibility index (Phi) is 7.49. The number of nitrogens with one attached hydrogen (secondary N) is 1. The van der Waals surface area contributed by atoms with Crippen LogP contribution in [0.25, 0.3) is 0 Å². The molecule has 1 heterocycles. The summed E-state index contributed by atoms with van der Waals surface area (Å²) in [5.74, 6) is 1.40. The van der Waals surface area contributed by atoms with Gasteiger partial charge in [-0.15, -0.1) is 12.4 Å². The Balaban J connectivity index is 0.00000220. The number of likely N-dealkylation sites (tertiary alicyclic amines) is 1. The Morgan fingerprint density at radius 1 is 1.52 bits per heavy atom. The van der Waals surface area contributed by atoms with Crippen molar-refractivity contribution in [2.24, 2.45) is 5.92 Å². The van der Waals surface area contributed by atoms with Crippen molar-refractivity contribution in [3.63, 3.8) is 0 Å². The second-order valence-corrected chi connectivity index (χ2v) is 6.02. The van der Waals surface area contributed by atoms with Crippen LogP contribution in [0.5, 0.6) is 5.75 Å². The van der Waals surface area contributed by atoms with E-state index in [4.69, 9.17) is 4.74 Å². The molecule has 0 saturated carbocycles. The number of hydrogen-bond acceptors (Lipinski definition) is 3. The van der Waals surface area contributed by atoms with Crippen LogP contribution in [0, 0.1) is 5.92 Å². The fourth-order valence-corrected chi connectivity index (χ4v) is 3.23. The number of amides is 1. The first-order valence-corrected chi connectivity index (χ1v) is 7.72. The van der Waals surface area contributed by atoms with Gasteiger partial charge in [0.25, 0.3) is 5.91 Å². The zero-order chi connectivity index (χ0) is 14.5. The quantitative estimate of drug-likeness (QED) is 0.877. The van der Waals surface area contributed by atoms with Crippen LogP contribution >= 0.6 is 28.3 Å². The van der Waals surface area contributed by atoms with Crippen LogP contribution in [0.3, 0.4) is 0 Å². The number of piperidine rings is 1. The Labute approximate surface area is 140 Å². The Morgan fingerprint density at radius 3 is 2.90 bits per heavy atom. The molecule has 21 heavy (non-hydrogen) atoms. The van der Waals surface area contributed by atoms with Crippen molar-refractivity contribution >= 4 is 34.2 Å².